The lowest BCUT2D eigenvalue weighted by molar-refractivity contribution is 0.104. The second-order valence-corrected chi connectivity index (χ2v) is 6.65. The van der Waals surface area contributed by atoms with Gasteiger partial charge in [0.05, 0.1) is 20.3 Å². The number of rotatable bonds is 7. The fraction of sp³-hybridized carbons (Fsp3) is 0.250. The van der Waals surface area contributed by atoms with Crippen molar-refractivity contribution in [3.05, 3.63) is 63.2 Å². The molecular weight excluding hydrogens is 431 g/mol. The quantitative estimate of drug-likeness (QED) is 0.253. The van der Waals surface area contributed by atoms with Gasteiger partial charge in [0.2, 0.25) is 5.78 Å². The van der Waals surface area contributed by atoms with Gasteiger partial charge in [-0.15, -0.1) is 0 Å². The van der Waals surface area contributed by atoms with Crippen molar-refractivity contribution in [2.24, 2.45) is 0 Å². The summed E-state index contributed by atoms with van der Waals surface area (Å²) in [4.78, 5) is 13.0. The van der Waals surface area contributed by atoms with Crippen LogP contribution < -0.4 is 9.47 Å². The molecule has 0 aromatic heterocycles. The van der Waals surface area contributed by atoms with Crippen LogP contribution in [-0.4, -0.2) is 26.1 Å². The van der Waals surface area contributed by atoms with Crippen LogP contribution in [0.25, 0.3) is 5.76 Å². The van der Waals surface area contributed by atoms with Gasteiger partial charge in [-0.25, -0.2) is 0 Å². The van der Waals surface area contributed by atoms with Crippen LogP contribution in [0.1, 0.15) is 29.8 Å². The molecule has 0 bridgehead atoms. The van der Waals surface area contributed by atoms with Gasteiger partial charge in [0.25, 0.3) is 0 Å². The molecule has 0 heterocycles. The van der Waals surface area contributed by atoms with Gasteiger partial charge < -0.3 is 14.2 Å². The lowest BCUT2D eigenvalue weighted by Gasteiger charge is -2.16. The normalized spacial score (nSPS) is 11.8. The summed E-state index contributed by atoms with van der Waals surface area (Å²) < 4.78 is 17.0. The molecule has 0 aliphatic rings. The summed E-state index contributed by atoms with van der Waals surface area (Å²) in [5.74, 6) is 1.56. The van der Waals surface area contributed by atoms with Crippen LogP contribution in [0, 0.1) is 0 Å². The Labute approximate surface area is 161 Å². The summed E-state index contributed by atoms with van der Waals surface area (Å²) in [6.45, 7) is 3.88. The van der Waals surface area contributed by atoms with E-state index in [1.165, 1.54) is 0 Å². The molecule has 5 heteroatoms. The molecule has 0 unspecified atom stereocenters. The molecule has 0 fully saturated rings. The second kappa shape index (κ2) is 8.89. The van der Waals surface area contributed by atoms with Crippen LogP contribution in [-0.2, 0) is 4.74 Å². The Morgan fingerprint density at radius 1 is 0.920 bits per heavy atom. The number of ketones is 1. The van der Waals surface area contributed by atoms with E-state index in [-0.39, 0.29) is 11.9 Å². The summed E-state index contributed by atoms with van der Waals surface area (Å²) in [7, 11) is 3.11. The van der Waals surface area contributed by atoms with Crippen molar-refractivity contribution < 1.29 is 19.0 Å². The molecule has 132 valence electrons. The average Bonchev–Trinajstić information content (AvgIpc) is 2.64. The minimum absolute atomic E-state index is 0.0434. The zero-order valence-electron chi connectivity index (χ0n) is 14.7. The summed E-state index contributed by atoms with van der Waals surface area (Å²) >= 11 is 2.04. The number of halogens is 1. The molecule has 0 aliphatic carbocycles. The highest BCUT2D eigenvalue weighted by molar-refractivity contribution is 14.1. The van der Waals surface area contributed by atoms with E-state index in [4.69, 9.17) is 14.2 Å². The highest BCUT2D eigenvalue weighted by Gasteiger charge is 2.20. The number of allylic oxidation sites excluding steroid dienone is 1. The molecule has 25 heavy (non-hydrogen) atoms. The first-order valence-corrected chi connectivity index (χ1v) is 8.94. The van der Waals surface area contributed by atoms with E-state index < -0.39 is 0 Å². The second-order valence-electron chi connectivity index (χ2n) is 5.57. The third kappa shape index (κ3) is 4.75. The van der Waals surface area contributed by atoms with Crippen LogP contribution in [0.15, 0.2) is 52.1 Å². The van der Waals surface area contributed by atoms with Gasteiger partial charge in [-0.05, 0) is 54.6 Å². The van der Waals surface area contributed by atoms with Crippen molar-refractivity contribution in [2.45, 2.75) is 20.0 Å². The van der Waals surface area contributed by atoms with E-state index in [0.717, 1.165) is 5.56 Å². The Balaban J connectivity index is 2.48. The van der Waals surface area contributed by atoms with Gasteiger partial charge in [-0.1, -0.05) is 30.3 Å². The molecule has 0 N–H and O–H groups in total. The summed E-state index contributed by atoms with van der Waals surface area (Å²) in [5, 5.41) is 0. The van der Waals surface area contributed by atoms with E-state index in [0.29, 0.717) is 26.4 Å². The van der Waals surface area contributed by atoms with Crippen molar-refractivity contribution in [3.8, 4) is 11.5 Å². The Kier molecular flexibility index (Phi) is 6.87. The molecule has 0 saturated carbocycles. The maximum absolute atomic E-state index is 13.0. The molecule has 0 aliphatic heterocycles. The Hall–Kier alpha value is -2.02. The number of hydrogen-bond acceptors (Lipinski definition) is 4. The number of benzene rings is 2. The molecule has 2 aromatic carbocycles. The Bertz CT molecular complexity index is 767. The maximum atomic E-state index is 13.0. The van der Waals surface area contributed by atoms with Gasteiger partial charge >= 0.3 is 0 Å². The van der Waals surface area contributed by atoms with E-state index >= 15 is 0 Å². The SMILES string of the molecule is COc1ccc(C(=O)/C(I)=C(/OC(C)C)c2ccccc2)cc1OC. The van der Waals surface area contributed by atoms with Gasteiger partial charge in [-0.3, -0.25) is 4.79 Å². The molecule has 0 saturated heterocycles. The van der Waals surface area contributed by atoms with Crippen molar-refractivity contribution in [1.82, 2.24) is 0 Å². The first-order valence-electron chi connectivity index (χ1n) is 7.86. The van der Waals surface area contributed by atoms with Gasteiger partial charge in [0.15, 0.2) is 11.5 Å². The standard InChI is InChI=1S/C20H21IO4/c1-13(2)25-20(14-8-6-5-7-9-14)18(21)19(22)15-10-11-16(23-3)17(12-15)24-4/h5-13H,1-4H3/b20-18-. The van der Waals surface area contributed by atoms with Gasteiger partial charge in [-0.2, -0.15) is 0 Å². The predicted octanol–water partition coefficient (Wildman–Crippen LogP) is 5.12. The number of ether oxygens (including phenoxy) is 3. The van der Waals surface area contributed by atoms with E-state index in [9.17, 15) is 4.79 Å². The summed E-state index contributed by atoms with van der Waals surface area (Å²) in [5.41, 5.74) is 1.39. The number of carbonyl (C=O) groups is 1. The third-order valence-electron chi connectivity index (χ3n) is 3.43. The largest absolute Gasteiger partial charge is 0.493 e. The molecule has 2 aromatic rings. The first-order chi connectivity index (χ1) is 12.0. The Morgan fingerprint density at radius 2 is 1.56 bits per heavy atom. The highest BCUT2D eigenvalue weighted by Crippen LogP contribution is 2.32. The van der Waals surface area contributed by atoms with Crippen LogP contribution in [0.2, 0.25) is 0 Å². The zero-order valence-corrected chi connectivity index (χ0v) is 16.9. The summed E-state index contributed by atoms with van der Waals surface area (Å²) in [6, 6.07) is 14.8. The minimum Gasteiger partial charge on any atom is -0.493 e. The maximum Gasteiger partial charge on any atom is 0.203 e. The monoisotopic (exact) mass is 452 g/mol. The number of carbonyl (C=O) groups excluding carboxylic acids is 1. The lowest BCUT2D eigenvalue weighted by Crippen LogP contribution is -2.08. The van der Waals surface area contributed by atoms with Gasteiger partial charge in [0.1, 0.15) is 9.34 Å². The lowest BCUT2D eigenvalue weighted by atomic mass is 10.1. The molecule has 0 amide bonds. The number of hydrogen-bond donors (Lipinski definition) is 0. The molecule has 0 spiro atoms. The minimum atomic E-state index is -0.124. The first kappa shape index (κ1) is 19.3. The number of Topliss-reactive ketones (excluding diaryl/α,β-unsaturated/α-hetero) is 1. The molecule has 2 rings (SSSR count). The fourth-order valence-electron chi connectivity index (χ4n) is 2.28. The highest BCUT2D eigenvalue weighted by atomic mass is 127. The fourth-order valence-corrected chi connectivity index (χ4v) is 3.03. The van der Waals surface area contributed by atoms with Crippen molar-refractivity contribution in [1.29, 1.82) is 0 Å². The topological polar surface area (TPSA) is 44.8 Å². The van der Waals surface area contributed by atoms with E-state index in [1.54, 1.807) is 32.4 Å². The number of methoxy groups -OCH3 is 2. The van der Waals surface area contributed by atoms with Gasteiger partial charge in [0, 0.05) is 11.1 Å². The molecule has 0 atom stereocenters. The average molecular weight is 452 g/mol. The van der Waals surface area contributed by atoms with Crippen molar-refractivity contribution in [3.63, 3.8) is 0 Å². The van der Waals surface area contributed by atoms with Crippen LogP contribution in [0.5, 0.6) is 11.5 Å². The van der Waals surface area contributed by atoms with Crippen molar-refractivity contribution >= 4 is 34.1 Å². The smallest absolute Gasteiger partial charge is 0.203 e. The van der Waals surface area contributed by atoms with Crippen LogP contribution >= 0.6 is 22.6 Å². The van der Waals surface area contributed by atoms with E-state index in [1.807, 2.05) is 66.8 Å². The van der Waals surface area contributed by atoms with Crippen LogP contribution in [0.4, 0.5) is 0 Å². The predicted molar refractivity (Wildman–Crippen MR) is 107 cm³/mol. The van der Waals surface area contributed by atoms with Crippen LogP contribution in [0.3, 0.4) is 0 Å². The van der Waals surface area contributed by atoms with E-state index in [2.05, 4.69) is 0 Å². The molecular formula is C20H21IO4. The van der Waals surface area contributed by atoms with Crippen molar-refractivity contribution in [2.75, 3.05) is 14.2 Å². The summed E-state index contributed by atoms with van der Waals surface area (Å²) in [6.07, 6.45) is -0.0434. The third-order valence-corrected chi connectivity index (χ3v) is 4.41. The molecule has 0 radical (unpaired) electrons. The Morgan fingerprint density at radius 3 is 2.12 bits per heavy atom. The zero-order chi connectivity index (χ0) is 18.4. The molecule has 4 nitrogen and oxygen atoms in total.